The molecule has 11 heteroatoms. The van der Waals surface area contributed by atoms with Gasteiger partial charge in [-0.25, -0.2) is 13.2 Å². The lowest BCUT2D eigenvalue weighted by atomic mass is 9.96. The molecule has 0 spiro atoms. The van der Waals surface area contributed by atoms with Crippen molar-refractivity contribution in [2.45, 2.75) is 28.8 Å². The molecule has 1 fully saturated rings. The Bertz CT molecular complexity index is 1240. The third-order valence-electron chi connectivity index (χ3n) is 5.62. The number of halogens is 3. The first-order valence-corrected chi connectivity index (χ1v) is 11.5. The van der Waals surface area contributed by atoms with Crippen LogP contribution < -0.4 is 0 Å². The zero-order chi connectivity index (χ0) is 23.8. The number of aromatic nitrogens is 1. The van der Waals surface area contributed by atoms with Crippen molar-refractivity contribution in [3.05, 3.63) is 72.2 Å². The highest BCUT2D eigenvalue weighted by molar-refractivity contribution is 7.92. The average molecular weight is 480 g/mol. The standard InChI is InChI=1S/C20H18N2O3S.C2HF3O2/c23-26(24)19-7-6-14(18-5-3-9-25-18)10-16(19)17-12-22(13-20(17)26)11-15-4-1-2-8-21-15;3-2(4,5)1(6)7/h1-10,17,20H,11-13H2;(H,6,7). The molecule has 2 unspecified atom stereocenters. The number of sulfone groups is 1. The number of carboxylic acid groups (broad SMARTS) is 1. The van der Waals surface area contributed by atoms with Crippen molar-refractivity contribution in [1.29, 1.82) is 0 Å². The van der Waals surface area contributed by atoms with Gasteiger partial charge in [-0.1, -0.05) is 6.07 Å². The molecule has 0 bridgehead atoms. The maximum absolute atomic E-state index is 13.0. The molecule has 2 aromatic heterocycles. The van der Waals surface area contributed by atoms with Gasteiger partial charge in [-0.05, 0) is 48.0 Å². The second-order valence-corrected chi connectivity index (χ2v) is 9.87. The molecule has 1 aromatic carbocycles. The first-order chi connectivity index (χ1) is 15.6. The number of aliphatic carboxylic acids is 1. The maximum Gasteiger partial charge on any atom is 0.490 e. The van der Waals surface area contributed by atoms with Crippen molar-refractivity contribution >= 4 is 15.8 Å². The number of benzene rings is 1. The molecule has 0 aliphatic carbocycles. The summed E-state index contributed by atoms with van der Waals surface area (Å²) in [5.41, 5.74) is 2.81. The van der Waals surface area contributed by atoms with Gasteiger partial charge in [-0.2, -0.15) is 13.2 Å². The Kier molecular flexibility index (Phi) is 6.02. The number of furan rings is 1. The number of carbonyl (C=O) groups is 1. The van der Waals surface area contributed by atoms with Gasteiger partial charge in [-0.3, -0.25) is 9.88 Å². The Morgan fingerprint density at radius 2 is 1.91 bits per heavy atom. The van der Waals surface area contributed by atoms with E-state index in [4.69, 9.17) is 14.3 Å². The van der Waals surface area contributed by atoms with Gasteiger partial charge in [0, 0.05) is 37.3 Å². The van der Waals surface area contributed by atoms with E-state index in [2.05, 4.69) is 9.88 Å². The fraction of sp³-hybridized carbons (Fsp3) is 0.273. The van der Waals surface area contributed by atoms with Gasteiger partial charge in [0.25, 0.3) is 0 Å². The van der Waals surface area contributed by atoms with Crippen LogP contribution in [0.3, 0.4) is 0 Å². The average Bonchev–Trinajstić information content (AvgIpc) is 3.47. The molecule has 0 saturated carbocycles. The Morgan fingerprint density at radius 1 is 1.15 bits per heavy atom. The Balaban J connectivity index is 0.000000325. The Morgan fingerprint density at radius 3 is 2.52 bits per heavy atom. The largest absolute Gasteiger partial charge is 0.490 e. The minimum Gasteiger partial charge on any atom is -0.475 e. The van der Waals surface area contributed by atoms with Crippen molar-refractivity contribution in [3.63, 3.8) is 0 Å². The molecule has 7 nitrogen and oxygen atoms in total. The van der Waals surface area contributed by atoms with Crippen LogP contribution in [0.15, 0.2) is 70.3 Å². The first kappa shape index (κ1) is 23.0. The fourth-order valence-electron chi connectivity index (χ4n) is 4.17. The van der Waals surface area contributed by atoms with Crippen molar-refractivity contribution in [2.75, 3.05) is 13.1 Å². The summed E-state index contributed by atoms with van der Waals surface area (Å²) in [6, 6.07) is 15.1. The second kappa shape index (κ2) is 8.64. The van der Waals surface area contributed by atoms with E-state index >= 15 is 0 Å². The van der Waals surface area contributed by atoms with Gasteiger partial charge in [0.1, 0.15) is 5.76 Å². The quantitative estimate of drug-likeness (QED) is 0.610. The highest BCUT2D eigenvalue weighted by Crippen LogP contribution is 2.46. The number of rotatable bonds is 3. The van der Waals surface area contributed by atoms with E-state index in [0.717, 1.165) is 29.1 Å². The minimum atomic E-state index is -5.08. The van der Waals surface area contributed by atoms with Gasteiger partial charge in [0.15, 0.2) is 9.84 Å². The topological polar surface area (TPSA) is 101 Å². The van der Waals surface area contributed by atoms with Gasteiger partial charge in [0.05, 0.1) is 22.1 Å². The second-order valence-electron chi connectivity index (χ2n) is 7.74. The molecule has 4 heterocycles. The van der Waals surface area contributed by atoms with E-state index in [1.807, 2.05) is 42.5 Å². The number of hydrogen-bond acceptors (Lipinski definition) is 6. The molecule has 3 aromatic rings. The highest BCUT2D eigenvalue weighted by atomic mass is 32.2. The third kappa shape index (κ3) is 4.64. The Labute approximate surface area is 187 Å². The number of likely N-dealkylation sites (tertiary alicyclic amines) is 1. The molecule has 174 valence electrons. The molecule has 1 N–H and O–H groups in total. The maximum atomic E-state index is 13.0. The summed E-state index contributed by atoms with van der Waals surface area (Å²) < 4.78 is 63.2. The summed E-state index contributed by atoms with van der Waals surface area (Å²) in [7, 11) is -3.29. The third-order valence-corrected chi connectivity index (χ3v) is 7.88. The molecular formula is C22H19F3N2O5S. The van der Waals surface area contributed by atoms with Crippen molar-refractivity contribution in [2.24, 2.45) is 0 Å². The summed E-state index contributed by atoms with van der Waals surface area (Å²) in [4.78, 5) is 15.9. The van der Waals surface area contributed by atoms with Crippen molar-refractivity contribution in [3.8, 4) is 11.3 Å². The summed E-state index contributed by atoms with van der Waals surface area (Å²) >= 11 is 0. The van der Waals surface area contributed by atoms with Crippen LogP contribution in [0.5, 0.6) is 0 Å². The monoisotopic (exact) mass is 480 g/mol. The van der Waals surface area contributed by atoms with Crippen molar-refractivity contribution < 1.29 is 35.9 Å². The van der Waals surface area contributed by atoms with E-state index in [1.165, 1.54) is 0 Å². The zero-order valence-electron chi connectivity index (χ0n) is 17.1. The number of nitrogens with zero attached hydrogens (tertiary/aromatic N) is 2. The number of carboxylic acids is 1. The summed E-state index contributed by atoms with van der Waals surface area (Å²) in [5.74, 6) is -1.99. The first-order valence-electron chi connectivity index (χ1n) is 9.91. The van der Waals surface area contributed by atoms with E-state index in [1.54, 1.807) is 18.5 Å². The van der Waals surface area contributed by atoms with Gasteiger partial charge in [-0.15, -0.1) is 0 Å². The molecule has 2 aliphatic rings. The normalized spacial score (nSPS) is 21.1. The fourth-order valence-corrected chi connectivity index (χ4v) is 6.37. The van der Waals surface area contributed by atoms with Crippen LogP contribution in [-0.2, 0) is 21.2 Å². The molecular weight excluding hydrogens is 461 g/mol. The summed E-state index contributed by atoms with van der Waals surface area (Å²) in [5, 5.41) is 6.76. The van der Waals surface area contributed by atoms with E-state index < -0.39 is 22.0 Å². The van der Waals surface area contributed by atoms with Crippen LogP contribution in [0, 0.1) is 0 Å². The van der Waals surface area contributed by atoms with Gasteiger partial charge < -0.3 is 9.52 Å². The van der Waals surface area contributed by atoms with E-state index in [9.17, 15) is 21.6 Å². The predicted molar refractivity (Wildman–Crippen MR) is 111 cm³/mol. The van der Waals surface area contributed by atoms with Crippen LogP contribution in [0.2, 0.25) is 0 Å². The van der Waals surface area contributed by atoms with E-state index in [-0.39, 0.29) is 11.2 Å². The number of fused-ring (bicyclic) bond motifs is 3. The molecule has 0 radical (unpaired) electrons. The molecule has 5 rings (SSSR count). The highest BCUT2D eigenvalue weighted by Gasteiger charge is 2.50. The summed E-state index contributed by atoms with van der Waals surface area (Å²) in [6.45, 7) is 1.96. The lowest BCUT2D eigenvalue weighted by molar-refractivity contribution is -0.192. The van der Waals surface area contributed by atoms with Gasteiger partial charge in [0.2, 0.25) is 0 Å². The summed E-state index contributed by atoms with van der Waals surface area (Å²) in [6.07, 6.45) is -1.68. The van der Waals surface area contributed by atoms with Crippen molar-refractivity contribution in [1.82, 2.24) is 9.88 Å². The van der Waals surface area contributed by atoms with E-state index in [0.29, 0.717) is 18.0 Å². The lowest BCUT2D eigenvalue weighted by Crippen LogP contribution is -2.26. The molecule has 33 heavy (non-hydrogen) atoms. The molecule has 1 saturated heterocycles. The molecule has 0 amide bonds. The van der Waals surface area contributed by atoms with Crippen LogP contribution in [0.25, 0.3) is 11.3 Å². The lowest BCUT2D eigenvalue weighted by Gasteiger charge is -2.16. The number of alkyl halides is 3. The number of pyridine rings is 1. The SMILES string of the molecule is O=C(O)C(F)(F)F.O=S1(=O)c2ccc(-c3ccco3)cc2C2CN(Cc3ccccn3)CC21. The van der Waals surface area contributed by atoms with Crippen LogP contribution in [0.1, 0.15) is 17.2 Å². The number of hydrogen-bond donors (Lipinski definition) is 1. The minimum absolute atomic E-state index is 0.00799. The zero-order valence-corrected chi connectivity index (χ0v) is 17.9. The Hall–Kier alpha value is -3.18. The predicted octanol–water partition coefficient (Wildman–Crippen LogP) is 3.73. The smallest absolute Gasteiger partial charge is 0.475 e. The molecule has 2 atom stereocenters. The van der Waals surface area contributed by atoms with Crippen LogP contribution in [0.4, 0.5) is 13.2 Å². The van der Waals surface area contributed by atoms with Crippen LogP contribution in [-0.4, -0.2) is 53.9 Å². The van der Waals surface area contributed by atoms with Gasteiger partial charge >= 0.3 is 12.1 Å². The van der Waals surface area contributed by atoms with Crippen LogP contribution >= 0.6 is 0 Å². The molecule has 2 aliphatic heterocycles.